The maximum atomic E-state index is 11.8. The summed E-state index contributed by atoms with van der Waals surface area (Å²) in [6.45, 7) is 9.48. The van der Waals surface area contributed by atoms with Crippen LogP contribution in [0, 0.1) is 0 Å². The van der Waals surface area contributed by atoms with Crippen molar-refractivity contribution in [1.82, 2.24) is 10.2 Å². The van der Waals surface area contributed by atoms with Crippen LogP contribution in [-0.2, 0) is 9.53 Å². The molecule has 92 valence electrons. The number of carbonyl (C=O) groups is 2. The Morgan fingerprint density at radius 2 is 2.00 bits per heavy atom. The lowest BCUT2D eigenvalue weighted by Crippen LogP contribution is -2.60. The summed E-state index contributed by atoms with van der Waals surface area (Å²) in [6, 6.07) is -0.498. The van der Waals surface area contributed by atoms with E-state index < -0.39 is 17.7 Å². The first-order valence-corrected chi connectivity index (χ1v) is 5.50. The van der Waals surface area contributed by atoms with Gasteiger partial charge in [0.2, 0.25) is 5.91 Å². The van der Waals surface area contributed by atoms with E-state index in [4.69, 9.17) is 4.74 Å². The predicted molar refractivity (Wildman–Crippen MR) is 60.0 cm³/mol. The second kappa shape index (κ2) is 4.31. The summed E-state index contributed by atoms with van der Waals surface area (Å²) in [5.41, 5.74) is -0.534. The van der Waals surface area contributed by atoms with Gasteiger partial charge in [0.25, 0.3) is 0 Å². The van der Waals surface area contributed by atoms with Crippen LogP contribution in [0.25, 0.3) is 0 Å². The van der Waals surface area contributed by atoms with Crippen molar-refractivity contribution in [2.75, 3.05) is 6.54 Å². The molecule has 0 saturated carbocycles. The monoisotopic (exact) mass is 228 g/mol. The third kappa shape index (κ3) is 3.12. The lowest BCUT2D eigenvalue weighted by molar-refractivity contribution is -0.129. The Morgan fingerprint density at radius 1 is 1.44 bits per heavy atom. The smallest absolute Gasteiger partial charge is 0.411 e. The van der Waals surface area contributed by atoms with Crippen LogP contribution >= 0.6 is 0 Å². The van der Waals surface area contributed by atoms with Crippen LogP contribution in [0.2, 0.25) is 0 Å². The number of nitrogens with one attached hydrogen (secondary N) is 1. The Morgan fingerprint density at radius 3 is 2.50 bits per heavy atom. The number of hydrogen-bond donors (Lipinski definition) is 1. The summed E-state index contributed by atoms with van der Waals surface area (Å²) in [5, 5.41) is 2.79. The van der Waals surface area contributed by atoms with Gasteiger partial charge in [0.15, 0.2) is 0 Å². The SMILES string of the molecule is C[C@@H]1CN(C(=O)OC(C)(C)C)[C@@H](C)C(=O)N1. The zero-order valence-electron chi connectivity index (χ0n) is 10.5. The molecule has 5 heteroatoms. The molecular formula is C11H20N2O3. The van der Waals surface area contributed by atoms with Crippen LogP contribution in [0.5, 0.6) is 0 Å². The average molecular weight is 228 g/mol. The Bertz CT molecular complexity index is 296. The van der Waals surface area contributed by atoms with Gasteiger partial charge in [-0.3, -0.25) is 9.69 Å². The van der Waals surface area contributed by atoms with E-state index in [1.165, 1.54) is 4.90 Å². The van der Waals surface area contributed by atoms with Gasteiger partial charge in [-0.2, -0.15) is 0 Å². The molecule has 1 aliphatic heterocycles. The number of hydrogen-bond acceptors (Lipinski definition) is 3. The minimum absolute atomic E-state index is 0.0313. The highest BCUT2D eigenvalue weighted by Gasteiger charge is 2.34. The molecule has 0 aromatic heterocycles. The highest BCUT2D eigenvalue weighted by molar-refractivity contribution is 5.86. The normalized spacial score (nSPS) is 26.3. The molecule has 16 heavy (non-hydrogen) atoms. The van der Waals surface area contributed by atoms with Crippen molar-refractivity contribution in [2.45, 2.75) is 52.3 Å². The van der Waals surface area contributed by atoms with Crippen molar-refractivity contribution in [1.29, 1.82) is 0 Å². The summed E-state index contributed by atoms with van der Waals surface area (Å²) in [5.74, 6) is -0.135. The lowest BCUT2D eigenvalue weighted by atomic mass is 10.1. The van der Waals surface area contributed by atoms with Crippen LogP contribution in [0.3, 0.4) is 0 Å². The number of ether oxygens (including phenoxy) is 1. The summed E-state index contributed by atoms with van der Waals surface area (Å²) < 4.78 is 5.25. The van der Waals surface area contributed by atoms with E-state index in [2.05, 4.69) is 5.32 Å². The Hall–Kier alpha value is -1.26. The van der Waals surface area contributed by atoms with Crippen molar-refractivity contribution in [3.05, 3.63) is 0 Å². The summed E-state index contributed by atoms with van der Waals surface area (Å²) in [6.07, 6.45) is -0.429. The fraction of sp³-hybridized carbons (Fsp3) is 0.818. The molecule has 1 N–H and O–H groups in total. The number of piperazine rings is 1. The van der Waals surface area contributed by atoms with Gasteiger partial charge in [0, 0.05) is 12.6 Å². The van der Waals surface area contributed by atoms with E-state index in [1.54, 1.807) is 6.92 Å². The second-order valence-electron chi connectivity index (χ2n) is 5.22. The van der Waals surface area contributed by atoms with Crippen LogP contribution in [0.4, 0.5) is 4.79 Å². The van der Waals surface area contributed by atoms with Gasteiger partial charge in [-0.15, -0.1) is 0 Å². The Kier molecular flexibility index (Phi) is 3.45. The van der Waals surface area contributed by atoms with Gasteiger partial charge in [-0.1, -0.05) is 0 Å². The maximum Gasteiger partial charge on any atom is 0.411 e. The molecule has 2 atom stereocenters. The van der Waals surface area contributed by atoms with Crippen molar-refractivity contribution < 1.29 is 14.3 Å². The zero-order chi connectivity index (χ0) is 12.5. The molecule has 0 bridgehead atoms. The highest BCUT2D eigenvalue weighted by atomic mass is 16.6. The molecule has 2 amide bonds. The maximum absolute atomic E-state index is 11.8. The standard InChI is InChI=1S/C11H20N2O3/c1-7-6-13(8(2)9(14)12-7)10(15)16-11(3,4)5/h7-8H,6H2,1-5H3,(H,12,14)/t7-,8+/m1/s1. The molecule has 0 unspecified atom stereocenters. The Labute approximate surface area is 96.1 Å². The fourth-order valence-electron chi connectivity index (χ4n) is 1.56. The molecule has 0 radical (unpaired) electrons. The third-order valence-electron chi connectivity index (χ3n) is 2.33. The molecule has 5 nitrogen and oxygen atoms in total. The van der Waals surface area contributed by atoms with E-state index in [1.807, 2.05) is 27.7 Å². The number of amides is 2. The number of carbonyl (C=O) groups excluding carboxylic acids is 2. The molecule has 1 saturated heterocycles. The molecule has 1 fully saturated rings. The van der Waals surface area contributed by atoms with E-state index >= 15 is 0 Å². The van der Waals surface area contributed by atoms with Gasteiger partial charge in [0.05, 0.1) is 0 Å². The van der Waals surface area contributed by atoms with Crippen molar-refractivity contribution in [3.8, 4) is 0 Å². The van der Waals surface area contributed by atoms with Crippen LogP contribution < -0.4 is 5.32 Å². The molecule has 1 rings (SSSR count). The summed E-state index contributed by atoms with van der Waals surface area (Å²) in [7, 11) is 0. The molecular weight excluding hydrogens is 208 g/mol. The number of nitrogens with zero attached hydrogens (tertiary/aromatic N) is 1. The van der Waals surface area contributed by atoms with E-state index in [0.29, 0.717) is 6.54 Å². The van der Waals surface area contributed by atoms with Gasteiger partial charge in [-0.05, 0) is 34.6 Å². The predicted octanol–water partition coefficient (Wildman–Crippen LogP) is 1.13. The summed E-state index contributed by atoms with van der Waals surface area (Å²) >= 11 is 0. The Balaban J connectivity index is 2.71. The first kappa shape index (κ1) is 12.8. The minimum Gasteiger partial charge on any atom is -0.444 e. The highest BCUT2D eigenvalue weighted by Crippen LogP contribution is 2.14. The second-order valence-corrected chi connectivity index (χ2v) is 5.22. The van der Waals surface area contributed by atoms with E-state index in [-0.39, 0.29) is 11.9 Å². The molecule has 0 aliphatic carbocycles. The van der Waals surface area contributed by atoms with Crippen molar-refractivity contribution >= 4 is 12.0 Å². The van der Waals surface area contributed by atoms with Gasteiger partial charge < -0.3 is 10.1 Å². The quantitative estimate of drug-likeness (QED) is 0.676. The van der Waals surface area contributed by atoms with Gasteiger partial charge in [-0.25, -0.2) is 4.79 Å². The van der Waals surface area contributed by atoms with E-state index in [9.17, 15) is 9.59 Å². The average Bonchev–Trinajstić information content (AvgIpc) is 2.08. The fourth-order valence-corrected chi connectivity index (χ4v) is 1.56. The van der Waals surface area contributed by atoms with Crippen LogP contribution in [0.1, 0.15) is 34.6 Å². The van der Waals surface area contributed by atoms with Gasteiger partial charge >= 0.3 is 6.09 Å². The number of rotatable bonds is 0. The molecule has 0 aromatic carbocycles. The van der Waals surface area contributed by atoms with Crippen LogP contribution in [-0.4, -0.2) is 41.1 Å². The molecule has 1 heterocycles. The summed E-state index contributed by atoms with van der Waals surface area (Å²) in [4.78, 5) is 24.8. The lowest BCUT2D eigenvalue weighted by Gasteiger charge is -2.37. The van der Waals surface area contributed by atoms with Gasteiger partial charge in [0.1, 0.15) is 11.6 Å². The molecule has 1 aliphatic rings. The first-order chi connectivity index (χ1) is 7.20. The van der Waals surface area contributed by atoms with Crippen molar-refractivity contribution in [3.63, 3.8) is 0 Å². The topological polar surface area (TPSA) is 58.6 Å². The minimum atomic E-state index is -0.534. The third-order valence-corrected chi connectivity index (χ3v) is 2.33. The molecule has 0 spiro atoms. The van der Waals surface area contributed by atoms with Crippen molar-refractivity contribution in [2.24, 2.45) is 0 Å². The zero-order valence-corrected chi connectivity index (χ0v) is 10.5. The molecule has 0 aromatic rings. The van der Waals surface area contributed by atoms with Crippen LogP contribution in [0.15, 0.2) is 0 Å². The largest absolute Gasteiger partial charge is 0.444 e. The first-order valence-electron chi connectivity index (χ1n) is 5.50. The van der Waals surface area contributed by atoms with E-state index in [0.717, 1.165) is 0 Å².